The van der Waals surface area contributed by atoms with Crippen molar-refractivity contribution in [3.63, 3.8) is 0 Å². The summed E-state index contributed by atoms with van der Waals surface area (Å²) in [6.45, 7) is 0. The Morgan fingerprint density at radius 2 is 1.46 bits per heavy atom. The number of carbonyl (C=O) groups is 2. The molecule has 0 aromatic heterocycles. The lowest BCUT2D eigenvalue weighted by atomic mass is 10.1. The molecule has 28 heavy (non-hydrogen) atoms. The summed E-state index contributed by atoms with van der Waals surface area (Å²) in [5, 5.41) is 6.38. The van der Waals surface area contributed by atoms with Gasteiger partial charge in [0.1, 0.15) is 0 Å². The summed E-state index contributed by atoms with van der Waals surface area (Å²) >= 11 is 7.28. The zero-order chi connectivity index (χ0) is 19.8. The molecule has 2 amide bonds. The van der Waals surface area contributed by atoms with E-state index in [2.05, 4.69) is 10.6 Å². The molecule has 3 rings (SSSR count). The van der Waals surface area contributed by atoms with Crippen molar-refractivity contribution in [3.8, 4) is 0 Å². The van der Waals surface area contributed by atoms with Crippen LogP contribution in [0.4, 0.5) is 11.4 Å². The summed E-state index contributed by atoms with van der Waals surface area (Å²) < 4.78 is 0. The minimum atomic E-state index is -0.105. The molecule has 0 saturated heterocycles. The molecular weight excluding hydrogens is 392 g/mol. The summed E-state index contributed by atoms with van der Waals surface area (Å²) in [7, 11) is 0. The largest absolute Gasteiger partial charge is 0.326 e. The average Bonchev–Trinajstić information content (AvgIpc) is 2.69. The molecule has 3 aromatic carbocycles. The first-order valence-corrected chi connectivity index (χ1v) is 10.1. The van der Waals surface area contributed by atoms with Crippen LogP contribution in [0, 0.1) is 0 Å². The maximum atomic E-state index is 12.2. The van der Waals surface area contributed by atoms with E-state index in [9.17, 15) is 9.59 Å². The molecule has 4 nitrogen and oxygen atoms in total. The molecule has 0 atom stereocenters. The summed E-state index contributed by atoms with van der Waals surface area (Å²) in [6.07, 6.45) is 0.272. The predicted molar refractivity (Wildman–Crippen MR) is 116 cm³/mol. The van der Waals surface area contributed by atoms with Crippen LogP contribution in [-0.2, 0) is 16.0 Å². The third kappa shape index (κ3) is 6.44. The molecule has 6 heteroatoms. The third-order valence-corrected chi connectivity index (χ3v) is 5.07. The lowest BCUT2D eigenvalue weighted by molar-refractivity contribution is -0.115. The van der Waals surface area contributed by atoms with Gasteiger partial charge in [0.15, 0.2) is 0 Å². The summed E-state index contributed by atoms with van der Waals surface area (Å²) in [4.78, 5) is 25.2. The lowest BCUT2D eigenvalue weighted by Gasteiger charge is -2.08. The van der Waals surface area contributed by atoms with Crippen LogP contribution in [0.15, 0.2) is 83.8 Å². The first-order chi connectivity index (χ1) is 13.6. The van der Waals surface area contributed by atoms with E-state index in [1.54, 1.807) is 12.1 Å². The van der Waals surface area contributed by atoms with Crippen molar-refractivity contribution in [2.24, 2.45) is 0 Å². The second-order valence-corrected chi connectivity index (χ2v) is 7.57. The van der Waals surface area contributed by atoms with Crippen molar-refractivity contribution in [2.45, 2.75) is 11.3 Å². The summed E-state index contributed by atoms with van der Waals surface area (Å²) in [6, 6.07) is 24.0. The Morgan fingerprint density at radius 3 is 2.21 bits per heavy atom. The Bertz CT molecular complexity index is 946. The summed E-state index contributed by atoms with van der Waals surface area (Å²) in [5.41, 5.74) is 2.37. The number of halogens is 1. The van der Waals surface area contributed by atoms with Crippen molar-refractivity contribution in [3.05, 3.63) is 89.4 Å². The first kappa shape index (κ1) is 20.0. The fourth-order valence-electron chi connectivity index (χ4n) is 2.52. The lowest BCUT2D eigenvalue weighted by Crippen LogP contribution is -2.14. The SMILES string of the molecule is O=C(CSc1cccc(NC(=O)Cc2ccc(Cl)cc2)c1)Nc1ccccc1. The van der Waals surface area contributed by atoms with Crippen molar-refractivity contribution in [1.29, 1.82) is 0 Å². The van der Waals surface area contributed by atoms with Gasteiger partial charge in [0.05, 0.1) is 12.2 Å². The number of anilines is 2. The molecule has 2 N–H and O–H groups in total. The highest BCUT2D eigenvalue weighted by atomic mass is 35.5. The van der Waals surface area contributed by atoms with Gasteiger partial charge in [0, 0.05) is 21.3 Å². The van der Waals surface area contributed by atoms with Crippen molar-refractivity contribution >= 4 is 46.6 Å². The highest BCUT2D eigenvalue weighted by Gasteiger charge is 2.07. The molecule has 0 radical (unpaired) electrons. The highest BCUT2D eigenvalue weighted by Crippen LogP contribution is 2.22. The zero-order valence-electron chi connectivity index (χ0n) is 15.0. The van der Waals surface area contributed by atoms with E-state index in [1.165, 1.54) is 11.8 Å². The Labute approximate surface area is 173 Å². The Kier molecular flexibility index (Phi) is 7.12. The van der Waals surface area contributed by atoms with Gasteiger partial charge in [-0.2, -0.15) is 0 Å². The molecule has 0 aliphatic heterocycles. The Balaban J connectivity index is 1.51. The van der Waals surface area contributed by atoms with Crippen LogP contribution in [0.1, 0.15) is 5.56 Å². The van der Waals surface area contributed by atoms with Crippen LogP contribution in [0.3, 0.4) is 0 Å². The van der Waals surface area contributed by atoms with Gasteiger partial charge in [-0.3, -0.25) is 9.59 Å². The molecule has 0 saturated carbocycles. The number of benzene rings is 3. The second-order valence-electron chi connectivity index (χ2n) is 6.08. The molecule has 0 bridgehead atoms. The van der Waals surface area contributed by atoms with E-state index in [1.807, 2.05) is 66.7 Å². The third-order valence-electron chi connectivity index (χ3n) is 3.82. The topological polar surface area (TPSA) is 58.2 Å². The van der Waals surface area contributed by atoms with Crippen molar-refractivity contribution in [2.75, 3.05) is 16.4 Å². The molecular formula is C22H19ClN2O2S. The van der Waals surface area contributed by atoms with E-state index >= 15 is 0 Å². The Hall–Kier alpha value is -2.76. The first-order valence-electron chi connectivity index (χ1n) is 8.70. The number of amides is 2. The van der Waals surface area contributed by atoms with Crippen LogP contribution in [0.25, 0.3) is 0 Å². The van der Waals surface area contributed by atoms with Crippen LogP contribution >= 0.6 is 23.4 Å². The van der Waals surface area contributed by atoms with Gasteiger partial charge in [-0.05, 0) is 48.0 Å². The van der Waals surface area contributed by atoms with Gasteiger partial charge >= 0.3 is 0 Å². The maximum Gasteiger partial charge on any atom is 0.234 e. The highest BCUT2D eigenvalue weighted by molar-refractivity contribution is 8.00. The maximum absolute atomic E-state index is 12.2. The van der Waals surface area contributed by atoms with Crippen LogP contribution in [-0.4, -0.2) is 17.6 Å². The van der Waals surface area contributed by atoms with E-state index in [4.69, 9.17) is 11.6 Å². The molecule has 3 aromatic rings. The standard InChI is InChI=1S/C22H19ClN2O2S/c23-17-11-9-16(10-12-17)13-21(26)25-19-7-4-8-20(14-19)28-15-22(27)24-18-5-2-1-3-6-18/h1-12,14H,13,15H2,(H,24,27)(H,25,26). The minimum absolute atomic E-state index is 0.0756. The molecule has 0 aliphatic rings. The fraction of sp³-hybridized carbons (Fsp3) is 0.0909. The number of rotatable bonds is 7. The Morgan fingerprint density at radius 1 is 0.786 bits per heavy atom. The average molecular weight is 411 g/mol. The smallest absolute Gasteiger partial charge is 0.234 e. The minimum Gasteiger partial charge on any atom is -0.326 e. The number of hydrogen-bond acceptors (Lipinski definition) is 3. The molecule has 0 aliphatic carbocycles. The monoisotopic (exact) mass is 410 g/mol. The number of nitrogens with one attached hydrogen (secondary N) is 2. The van der Waals surface area contributed by atoms with Gasteiger partial charge in [0.2, 0.25) is 11.8 Å². The van der Waals surface area contributed by atoms with Crippen molar-refractivity contribution in [1.82, 2.24) is 0 Å². The van der Waals surface area contributed by atoms with E-state index < -0.39 is 0 Å². The molecule has 0 unspecified atom stereocenters. The number of carbonyl (C=O) groups excluding carboxylic acids is 2. The fourth-order valence-corrected chi connectivity index (χ4v) is 3.40. The summed E-state index contributed by atoms with van der Waals surface area (Å²) in [5.74, 6) is 0.108. The molecule has 142 valence electrons. The van der Waals surface area contributed by atoms with Crippen LogP contribution < -0.4 is 10.6 Å². The van der Waals surface area contributed by atoms with E-state index in [-0.39, 0.29) is 24.0 Å². The molecule has 0 fully saturated rings. The van der Waals surface area contributed by atoms with Crippen LogP contribution in [0.5, 0.6) is 0 Å². The normalized spacial score (nSPS) is 10.3. The van der Waals surface area contributed by atoms with Gasteiger partial charge in [-0.15, -0.1) is 11.8 Å². The number of thioether (sulfide) groups is 1. The zero-order valence-corrected chi connectivity index (χ0v) is 16.6. The van der Waals surface area contributed by atoms with E-state index in [0.717, 1.165) is 16.1 Å². The van der Waals surface area contributed by atoms with Gasteiger partial charge in [-0.1, -0.05) is 48.0 Å². The number of para-hydroxylation sites is 1. The van der Waals surface area contributed by atoms with E-state index in [0.29, 0.717) is 10.7 Å². The van der Waals surface area contributed by atoms with Crippen LogP contribution in [0.2, 0.25) is 5.02 Å². The second kappa shape index (κ2) is 9.97. The van der Waals surface area contributed by atoms with Gasteiger partial charge in [0.25, 0.3) is 0 Å². The number of hydrogen-bond donors (Lipinski definition) is 2. The quantitative estimate of drug-likeness (QED) is 0.523. The van der Waals surface area contributed by atoms with Gasteiger partial charge in [-0.25, -0.2) is 0 Å². The van der Waals surface area contributed by atoms with Gasteiger partial charge < -0.3 is 10.6 Å². The molecule has 0 heterocycles. The molecule has 0 spiro atoms. The van der Waals surface area contributed by atoms with Crippen molar-refractivity contribution < 1.29 is 9.59 Å². The predicted octanol–water partition coefficient (Wildman–Crippen LogP) is 5.25.